The maximum Gasteiger partial charge on any atom is 0.255 e. The summed E-state index contributed by atoms with van der Waals surface area (Å²) in [5, 5.41) is 2.87. The molecule has 0 atom stereocenters. The van der Waals surface area contributed by atoms with E-state index in [4.69, 9.17) is 4.74 Å². The Hall–Kier alpha value is -2.99. The van der Waals surface area contributed by atoms with Gasteiger partial charge in [0.25, 0.3) is 11.8 Å². The lowest BCUT2D eigenvalue weighted by molar-refractivity contribution is 0.0303. The minimum Gasteiger partial charge on any atom is -0.378 e. The average Bonchev–Trinajstić information content (AvgIpc) is 2.77. The van der Waals surface area contributed by atoms with Crippen LogP contribution in [0.2, 0.25) is 0 Å². The van der Waals surface area contributed by atoms with E-state index in [0.717, 1.165) is 24.9 Å². The van der Waals surface area contributed by atoms with Gasteiger partial charge in [-0.2, -0.15) is 0 Å². The van der Waals surface area contributed by atoms with Gasteiger partial charge in [-0.15, -0.1) is 0 Å². The molecule has 0 aromatic heterocycles. The highest BCUT2D eigenvalue weighted by atomic mass is 16.5. The highest BCUT2D eigenvalue weighted by molar-refractivity contribution is 6.05. The van der Waals surface area contributed by atoms with Crippen molar-refractivity contribution in [2.45, 2.75) is 26.2 Å². The predicted octanol–water partition coefficient (Wildman–Crippen LogP) is 4.30. The summed E-state index contributed by atoms with van der Waals surface area (Å²) in [5.41, 5.74) is 2.56. The number of nitrogens with one attached hydrogen (secondary N) is 1. The second-order valence-electron chi connectivity index (χ2n) is 6.94. The van der Waals surface area contributed by atoms with Crippen molar-refractivity contribution in [3.05, 3.63) is 59.7 Å². The van der Waals surface area contributed by atoms with Crippen LogP contribution in [-0.4, -0.2) is 49.2 Å². The lowest BCUT2D eigenvalue weighted by atomic mass is 10.1. The number of rotatable bonds is 7. The van der Waals surface area contributed by atoms with Crippen LogP contribution >= 0.6 is 0 Å². The van der Waals surface area contributed by atoms with Gasteiger partial charge >= 0.3 is 0 Å². The molecule has 0 saturated carbocycles. The molecule has 152 valence electrons. The minimum atomic E-state index is -0.206. The second kappa shape index (κ2) is 10.5. The molecule has 1 heterocycles. The third kappa shape index (κ3) is 5.99. The van der Waals surface area contributed by atoms with Crippen molar-refractivity contribution in [3.8, 4) is 0 Å². The van der Waals surface area contributed by atoms with E-state index in [0.29, 0.717) is 43.1 Å². The lowest BCUT2D eigenvalue weighted by Gasteiger charge is -2.26. The van der Waals surface area contributed by atoms with Crippen LogP contribution in [0.5, 0.6) is 0 Å². The maximum absolute atomic E-state index is 12.6. The molecule has 2 amide bonds. The molecule has 1 fully saturated rings. The summed E-state index contributed by atoms with van der Waals surface area (Å²) in [6.07, 6.45) is 5.06. The highest BCUT2D eigenvalue weighted by Crippen LogP contribution is 2.17. The molecule has 2 aromatic rings. The normalized spacial score (nSPS) is 14.2. The Kier molecular flexibility index (Phi) is 7.53. The topological polar surface area (TPSA) is 71.0 Å². The summed E-state index contributed by atoms with van der Waals surface area (Å²) in [6.45, 7) is 4.50. The van der Waals surface area contributed by atoms with Gasteiger partial charge in [0, 0.05) is 36.1 Å². The van der Waals surface area contributed by atoms with Gasteiger partial charge < -0.3 is 15.0 Å². The Labute approximate surface area is 171 Å². The number of morpholine rings is 1. The van der Waals surface area contributed by atoms with E-state index >= 15 is 0 Å². The van der Waals surface area contributed by atoms with E-state index in [1.54, 1.807) is 41.3 Å². The molecule has 29 heavy (non-hydrogen) atoms. The number of anilines is 1. The van der Waals surface area contributed by atoms with Crippen molar-refractivity contribution in [2.75, 3.05) is 31.6 Å². The second-order valence-corrected chi connectivity index (χ2v) is 6.94. The van der Waals surface area contributed by atoms with Gasteiger partial charge in [0.1, 0.15) is 0 Å². The molecule has 0 aliphatic carbocycles. The Morgan fingerprint density at radius 1 is 1.10 bits per heavy atom. The van der Waals surface area contributed by atoms with Crippen molar-refractivity contribution in [3.63, 3.8) is 0 Å². The number of amides is 2. The van der Waals surface area contributed by atoms with Crippen LogP contribution in [0.4, 0.5) is 11.4 Å². The molecule has 0 unspecified atom stereocenters. The molecular weight excluding hydrogens is 366 g/mol. The monoisotopic (exact) mass is 393 g/mol. The van der Waals surface area contributed by atoms with Gasteiger partial charge in [-0.3, -0.25) is 14.6 Å². The summed E-state index contributed by atoms with van der Waals surface area (Å²) in [6, 6.07) is 14.2. The van der Waals surface area contributed by atoms with E-state index in [2.05, 4.69) is 17.2 Å². The van der Waals surface area contributed by atoms with Crippen molar-refractivity contribution >= 4 is 29.4 Å². The van der Waals surface area contributed by atoms with E-state index in [1.165, 1.54) is 0 Å². The predicted molar refractivity (Wildman–Crippen MR) is 115 cm³/mol. The highest BCUT2D eigenvalue weighted by Gasteiger charge is 2.18. The first-order valence-corrected chi connectivity index (χ1v) is 10.1. The van der Waals surface area contributed by atoms with E-state index < -0.39 is 0 Å². The van der Waals surface area contributed by atoms with Crippen molar-refractivity contribution in [1.29, 1.82) is 0 Å². The first kappa shape index (κ1) is 20.7. The van der Waals surface area contributed by atoms with Gasteiger partial charge in [0.15, 0.2) is 0 Å². The van der Waals surface area contributed by atoms with Crippen LogP contribution in [0.25, 0.3) is 0 Å². The lowest BCUT2D eigenvalue weighted by Crippen LogP contribution is -2.40. The number of aliphatic imine (C=N–C) groups is 1. The quantitative estimate of drug-likeness (QED) is 0.563. The third-order valence-electron chi connectivity index (χ3n) is 4.72. The van der Waals surface area contributed by atoms with Crippen LogP contribution in [0.1, 0.15) is 46.9 Å². The van der Waals surface area contributed by atoms with E-state index in [-0.39, 0.29) is 11.8 Å². The molecule has 6 nitrogen and oxygen atoms in total. The standard InChI is InChI=1S/C23H27N3O3/c1-2-3-4-12-24-21-7-5-6-19(17-21)22(27)25-20-10-8-18(9-11-20)23(28)26-13-15-29-16-14-26/h5-12,17H,2-4,13-16H2,1H3,(H,25,27). The maximum atomic E-state index is 12.6. The first-order chi connectivity index (χ1) is 14.2. The summed E-state index contributed by atoms with van der Waals surface area (Å²) >= 11 is 0. The molecule has 1 aliphatic rings. The molecule has 1 aliphatic heterocycles. The summed E-state index contributed by atoms with van der Waals surface area (Å²) in [5.74, 6) is -0.220. The zero-order valence-electron chi connectivity index (χ0n) is 16.8. The van der Waals surface area contributed by atoms with Crippen molar-refractivity contribution in [1.82, 2.24) is 4.90 Å². The van der Waals surface area contributed by atoms with Gasteiger partial charge in [0.05, 0.1) is 18.9 Å². The number of carbonyl (C=O) groups is 2. The summed E-state index contributed by atoms with van der Waals surface area (Å²) in [4.78, 5) is 31.2. The molecule has 2 aromatic carbocycles. The van der Waals surface area contributed by atoms with Crippen LogP contribution < -0.4 is 5.32 Å². The molecule has 1 N–H and O–H groups in total. The molecule has 3 rings (SSSR count). The molecule has 0 radical (unpaired) electrons. The summed E-state index contributed by atoms with van der Waals surface area (Å²) in [7, 11) is 0. The SMILES string of the molecule is CCCCC=Nc1cccc(C(=O)Nc2ccc(C(=O)N3CCOCC3)cc2)c1. The number of hydrogen-bond acceptors (Lipinski definition) is 4. The number of unbranched alkanes of at least 4 members (excludes halogenated alkanes) is 2. The molecule has 6 heteroatoms. The van der Waals surface area contributed by atoms with Gasteiger partial charge in [-0.25, -0.2) is 0 Å². The Morgan fingerprint density at radius 3 is 2.59 bits per heavy atom. The van der Waals surface area contributed by atoms with Gasteiger partial charge in [-0.05, 0) is 55.3 Å². The molecule has 1 saturated heterocycles. The zero-order chi connectivity index (χ0) is 20.5. The van der Waals surface area contributed by atoms with Gasteiger partial charge in [0.2, 0.25) is 0 Å². The number of nitrogens with zero attached hydrogens (tertiary/aromatic N) is 2. The van der Waals surface area contributed by atoms with E-state index in [1.807, 2.05) is 18.3 Å². The van der Waals surface area contributed by atoms with Crippen LogP contribution in [0, 0.1) is 0 Å². The molecule has 0 bridgehead atoms. The largest absolute Gasteiger partial charge is 0.378 e. The molecule has 0 spiro atoms. The van der Waals surface area contributed by atoms with Crippen LogP contribution in [-0.2, 0) is 4.74 Å². The molecular formula is C23H27N3O3. The van der Waals surface area contributed by atoms with Crippen molar-refractivity contribution < 1.29 is 14.3 Å². The number of ether oxygens (including phenoxy) is 1. The van der Waals surface area contributed by atoms with Gasteiger partial charge in [-0.1, -0.05) is 19.4 Å². The van der Waals surface area contributed by atoms with Crippen LogP contribution in [0.3, 0.4) is 0 Å². The first-order valence-electron chi connectivity index (χ1n) is 10.1. The van der Waals surface area contributed by atoms with Crippen LogP contribution in [0.15, 0.2) is 53.5 Å². The zero-order valence-corrected chi connectivity index (χ0v) is 16.8. The number of benzene rings is 2. The Morgan fingerprint density at radius 2 is 1.86 bits per heavy atom. The average molecular weight is 393 g/mol. The smallest absolute Gasteiger partial charge is 0.255 e. The Bertz CT molecular complexity index is 856. The fraction of sp³-hybridized carbons (Fsp3) is 0.348. The fourth-order valence-corrected chi connectivity index (χ4v) is 3.04. The number of carbonyl (C=O) groups excluding carboxylic acids is 2. The third-order valence-corrected chi connectivity index (χ3v) is 4.72. The summed E-state index contributed by atoms with van der Waals surface area (Å²) < 4.78 is 5.28. The number of hydrogen-bond donors (Lipinski definition) is 1. The van der Waals surface area contributed by atoms with E-state index in [9.17, 15) is 9.59 Å². The van der Waals surface area contributed by atoms with Crippen molar-refractivity contribution in [2.24, 2.45) is 4.99 Å². The Balaban J connectivity index is 1.60. The minimum absolute atomic E-state index is 0.0141. The fourth-order valence-electron chi connectivity index (χ4n) is 3.04.